The summed E-state index contributed by atoms with van der Waals surface area (Å²) in [6.07, 6.45) is 6.36. The minimum atomic E-state index is -3.56. The van der Waals surface area contributed by atoms with Crippen LogP contribution in [-0.2, 0) is 16.4 Å². The van der Waals surface area contributed by atoms with Crippen molar-refractivity contribution in [2.75, 3.05) is 26.7 Å². The summed E-state index contributed by atoms with van der Waals surface area (Å²) >= 11 is 5.24. The van der Waals surface area contributed by atoms with Crippen molar-refractivity contribution in [3.05, 3.63) is 47.0 Å². The monoisotopic (exact) mass is 379 g/mol. The predicted octanol–water partition coefficient (Wildman–Crippen LogP) is 1.45. The molecule has 8 heteroatoms. The van der Waals surface area contributed by atoms with Gasteiger partial charge in [-0.25, -0.2) is 13.4 Å². The maximum absolute atomic E-state index is 12.9. The van der Waals surface area contributed by atoms with Crippen LogP contribution < -0.4 is 10.1 Å². The summed E-state index contributed by atoms with van der Waals surface area (Å²) in [4.78, 5) is 5.14. The second-order valence-corrected chi connectivity index (χ2v) is 8.38. The Morgan fingerprint density at radius 1 is 1.44 bits per heavy atom. The summed E-state index contributed by atoms with van der Waals surface area (Å²) in [5.41, 5.74) is 0.867. The zero-order valence-corrected chi connectivity index (χ0v) is 15.6. The fraction of sp³-hybridized carbons (Fsp3) is 0.412. The topological polar surface area (TPSA) is 71.5 Å². The fourth-order valence-corrected chi connectivity index (χ4v) is 5.07. The van der Waals surface area contributed by atoms with Gasteiger partial charge in [0, 0.05) is 55.1 Å². The Hall–Kier alpha value is -1.61. The molecule has 1 unspecified atom stereocenters. The van der Waals surface area contributed by atoms with Crippen LogP contribution in [0.15, 0.2) is 41.3 Å². The van der Waals surface area contributed by atoms with Gasteiger partial charge in [-0.1, -0.05) is 30.4 Å². The zero-order valence-electron chi connectivity index (χ0n) is 14.0. The first-order valence-corrected chi connectivity index (χ1v) is 9.99. The minimum Gasteiger partial charge on any atom is -0.481 e. The number of pyridine rings is 1. The largest absolute Gasteiger partial charge is 0.481 e. The summed E-state index contributed by atoms with van der Waals surface area (Å²) in [6.45, 7) is 1.43. The highest BCUT2D eigenvalue weighted by Crippen LogP contribution is 2.22. The first-order valence-electron chi connectivity index (χ1n) is 8.14. The van der Waals surface area contributed by atoms with Gasteiger partial charge in [0.2, 0.25) is 15.9 Å². The third-order valence-corrected chi connectivity index (χ3v) is 6.71. The summed E-state index contributed by atoms with van der Waals surface area (Å²) in [5.74, 6) is 0.558. The van der Waals surface area contributed by atoms with E-state index >= 15 is 0 Å². The summed E-state index contributed by atoms with van der Waals surface area (Å²) in [7, 11) is -1.98. The van der Waals surface area contributed by atoms with E-state index in [2.05, 4.69) is 10.3 Å². The Kier molecular flexibility index (Phi) is 5.63. The molecule has 1 N–H and O–H groups in total. The predicted molar refractivity (Wildman–Crippen MR) is 101 cm³/mol. The first-order chi connectivity index (χ1) is 12.0. The van der Waals surface area contributed by atoms with Crippen molar-refractivity contribution < 1.29 is 13.2 Å². The number of hydrogen-bond acceptors (Lipinski definition) is 6. The Morgan fingerprint density at radius 3 is 3.04 bits per heavy atom. The summed E-state index contributed by atoms with van der Waals surface area (Å²) in [6, 6.07) is 5.59. The molecular weight excluding hydrogens is 358 g/mol. The number of nitrogens with zero attached hydrogens (tertiary/aromatic N) is 2. The number of hydrogen-bond donors (Lipinski definition) is 1. The number of aromatic nitrogens is 1. The van der Waals surface area contributed by atoms with Gasteiger partial charge < -0.3 is 10.1 Å². The smallest absolute Gasteiger partial charge is 0.244 e. The van der Waals surface area contributed by atoms with E-state index in [9.17, 15) is 8.42 Å². The standard InChI is InChI=1S/C17H21N3O3S2/c1-23-17-8-4-5-13(19-17)11-14-12-20(10-9-18-14)25(21,22)16-7-3-2-6-15(16)24/h2-5,7-8,14,18H,6,9-12H2,1H3. The lowest BCUT2D eigenvalue weighted by Gasteiger charge is -2.33. The average molecular weight is 380 g/mol. The molecule has 1 aliphatic carbocycles. The van der Waals surface area contributed by atoms with Crippen LogP contribution in [0.4, 0.5) is 0 Å². The van der Waals surface area contributed by atoms with Gasteiger partial charge in [0.25, 0.3) is 0 Å². The van der Waals surface area contributed by atoms with Crippen molar-refractivity contribution in [1.29, 1.82) is 0 Å². The van der Waals surface area contributed by atoms with E-state index in [4.69, 9.17) is 17.0 Å². The molecule has 6 nitrogen and oxygen atoms in total. The maximum Gasteiger partial charge on any atom is 0.244 e. The average Bonchev–Trinajstić information content (AvgIpc) is 2.62. The molecule has 0 spiro atoms. The summed E-state index contributed by atoms with van der Waals surface area (Å²) in [5, 5.41) is 3.37. The SMILES string of the molecule is COc1cccc(CC2CN(S(=O)(=O)C3=CC=CCC3=S)CCN2)n1. The van der Waals surface area contributed by atoms with E-state index in [0.29, 0.717) is 43.2 Å². The van der Waals surface area contributed by atoms with Crippen molar-refractivity contribution in [2.24, 2.45) is 0 Å². The lowest BCUT2D eigenvalue weighted by Crippen LogP contribution is -2.53. The maximum atomic E-state index is 12.9. The molecule has 0 aromatic carbocycles. The van der Waals surface area contributed by atoms with Crippen LogP contribution in [0.25, 0.3) is 0 Å². The number of ether oxygens (including phenoxy) is 1. The molecule has 0 radical (unpaired) electrons. The number of allylic oxidation sites excluding steroid dienone is 4. The van der Waals surface area contributed by atoms with Gasteiger partial charge in [-0.15, -0.1) is 0 Å². The van der Waals surface area contributed by atoms with Crippen LogP contribution in [-0.4, -0.2) is 55.4 Å². The molecule has 1 saturated heterocycles. The van der Waals surface area contributed by atoms with E-state index in [1.807, 2.05) is 18.2 Å². The van der Waals surface area contributed by atoms with Gasteiger partial charge in [-0.3, -0.25) is 0 Å². The minimum absolute atomic E-state index is 0.00330. The molecule has 134 valence electrons. The number of methoxy groups -OCH3 is 1. The molecular formula is C17H21N3O3S2. The van der Waals surface area contributed by atoms with Gasteiger partial charge in [-0.2, -0.15) is 4.31 Å². The van der Waals surface area contributed by atoms with Crippen molar-refractivity contribution >= 4 is 27.1 Å². The molecule has 1 fully saturated rings. The number of piperazine rings is 1. The van der Waals surface area contributed by atoms with Crippen LogP contribution in [0.5, 0.6) is 5.88 Å². The van der Waals surface area contributed by atoms with Gasteiger partial charge in [-0.05, 0) is 12.1 Å². The second-order valence-electron chi connectivity index (χ2n) is 5.98. The van der Waals surface area contributed by atoms with E-state index < -0.39 is 10.0 Å². The van der Waals surface area contributed by atoms with Crippen molar-refractivity contribution in [2.45, 2.75) is 18.9 Å². The Labute approximate surface area is 153 Å². The number of sulfonamides is 1. The molecule has 1 aromatic rings. The number of rotatable bonds is 5. The molecule has 0 saturated carbocycles. The molecule has 0 amide bonds. The molecule has 0 bridgehead atoms. The highest BCUT2D eigenvalue weighted by Gasteiger charge is 2.33. The highest BCUT2D eigenvalue weighted by molar-refractivity contribution is 7.96. The van der Waals surface area contributed by atoms with Gasteiger partial charge >= 0.3 is 0 Å². The number of nitrogens with one attached hydrogen (secondary N) is 1. The molecule has 1 aromatic heterocycles. The third-order valence-electron chi connectivity index (χ3n) is 4.24. The van der Waals surface area contributed by atoms with Gasteiger partial charge in [0.1, 0.15) is 0 Å². The van der Waals surface area contributed by atoms with Gasteiger partial charge in [0.05, 0.1) is 12.0 Å². The van der Waals surface area contributed by atoms with E-state index in [1.54, 1.807) is 25.3 Å². The van der Waals surface area contributed by atoms with Crippen molar-refractivity contribution in [3.63, 3.8) is 0 Å². The van der Waals surface area contributed by atoms with E-state index in [-0.39, 0.29) is 10.9 Å². The lowest BCUT2D eigenvalue weighted by atomic mass is 10.1. The normalized spacial score (nSPS) is 21.9. The lowest BCUT2D eigenvalue weighted by molar-refractivity contribution is 0.297. The van der Waals surface area contributed by atoms with Crippen LogP contribution >= 0.6 is 12.2 Å². The van der Waals surface area contributed by atoms with Crippen LogP contribution in [0, 0.1) is 0 Å². The third kappa shape index (κ3) is 4.14. The fourth-order valence-electron chi connectivity index (χ4n) is 2.98. The first kappa shape index (κ1) is 18.2. The van der Waals surface area contributed by atoms with Crippen LogP contribution in [0.1, 0.15) is 12.1 Å². The Bertz CT molecular complexity index is 818. The number of thiocarbonyl (C=S) groups is 1. The molecule has 2 heterocycles. The van der Waals surface area contributed by atoms with Crippen LogP contribution in [0.2, 0.25) is 0 Å². The Balaban J connectivity index is 1.73. The van der Waals surface area contributed by atoms with Crippen LogP contribution in [0.3, 0.4) is 0 Å². The molecule has 1 atom stereocenters. The highest BCUT2D eigenvalue weighted by atomic mass is 32.2. The quantitative estimate of drug-likeness (QED) is 0.781. The van der Waals surface area contributed by atoms with E-state index in [1.165, 1.54) is 4.31 Å². The molecule has 25 heavy (non-hydrogen) atoms. The summed E-state index contributed by atoms with van der Waals surface area (Å²) < 4.78 is 32.5. The Morgan fingerprint density at radius 2 is 2.28 bits per heavy atom. The molecule has 3 rings (SSSR count). The van der Waals surface area contributed by atoms with Crippen molar-refractivity contribution in [1.82, 2.24) is 14.6 Å². The second kappa shape index (κ2) is 7.74. The van der Waals surface area contributed by atoms with E-state index in [0.717, 1.165) is 5.69 Å². The zero-order chi connectivity index (χ0) is 17.9. The molecule has 1 aliphatic heterocycles. The van der Waals surface area contributed by atoms with Gasteiger partial charge in [0.15, 0.2) is 0 Å². The molecule has 2 aliphatic rings. The van der Waals surface area contributed by atoms with Crippen molar-refractivity contribution in [3.8, 4) is 5.88 Å².